The second-order valence-electron chi connectivity index (χ2n) is 8.76. The van der Waals surface area contributed by atoms with Gasteiger partial charge in [0.2, 0.25) is 0 Å². The molecule has 1 atom stereocenters. The third-order valence-corrected chi connectivity index (χ3v) is 6.71. The number of anilines is 1. The first-order valence-electron chi connectivity index (χ1n) is 12.0. The zero-order valence-electron chi connectivity index (χ0n) is 19.0. The summed E-state index contributed by atoms with van der Waals surface area (Å²) in [6.45, 7) is 9.27. The molecule has 6 heteroatoms. The minimum atomic E-state index is 0.402. The van der Waals surface area contributed by atoms with Gasteiger partial charge in [0.15, 0.2) is 0 Å². The maximum absolute atomic E-state index is 6.44. The highest BCUT2D eigenvalue weighted by Crippen LogP contribution is 2.37. The van der Waals surface area contributed by atoms with E-state index in [1.165, 1.54) is 36.0 Å². The maximum atomic E-state index is 6.44. The summed E-state index contributed by atoms with van der Waals surface area (Å²) in [5.41, 5.74) is 9.98. The molecule has 31 heavy (non-hydrogen) atoms. The Kier molecular flexibility index (Phi) is 7.54. The largest absolute Gasteiger partial charge is 0.384 e. The lowest BCUT2D eigenvalue weighted by Gasteiger charge is -2.47. The zero-order chi connectivity index (χ0) is 21.6. The van der Waals surface area contributed by atoms with Crippen LogP contribution in [0.3, 0.4) is 0 Å². The van der Waals surface area contributed by atoms with Crippen LogP contribution in [0.5, 0.6) is 0 Å². The summed E-state index contributed by atoms with van der Waals surface area (Å²) < 4.78 is 6.44. The third kappa shape index (κ3) is 5.43. The number of hydrogen-bond donors (Lipinski definition) is 1. The Balaban J connectivity index is 0.00000112. The predicted molar refractivity (Wildman–Crippen MR) is 125 cm³/mol. The molecule has 6 nitrogen and oxygen atoms in total. The summed E-state index contributed by atoms with van der Waals surface area (Å²) in [7, 11) is 0. The van der Waals surface area contributed by atoms with Crippen LogP contribution in [0.1, 0.15) is 62.3 Å². The highest BCUT2D eigenvalue weighted by molar-refractivity contribution is 5.32. The van der Waals surface area contributed by atoms with Gasteiger partial charge in [-0.3, -0.25) is 14.8 Å². The van der Waals surface area contributed by atoms with Gasteiger partial charge in [-0.15, -0.1) is 0 Å². The molecule has 0 amide bonds. The molecule has 3 aliphatic rings. The Morgan fingerprint density at radius 1 is 1.06 bits per heavy atom. The number of aromatic nitrogens is 2. The van der Waals surface area contributed by atoms with Crippen LogP contribution in [-0.2, 0) is 17.7 Å². The van der Waals surface area contributed by atoms with E-state index in [0.29, 0.717) is 24.1 Å². The first-order valence-corrected chi connectivity index (χ1v) is 12.0. The monoisotopic (exact) mass is 423 g/mol. The number of likely N-dealkylation sites (tertiary alicyclic amines) is 2. The molecule has 0 radical (unpaired) electrons. The standard InChI is InChI=1S/C23H31N5O.C2H6/c24-23-12-17(4-9-26-23)14-27-10-6-19(7-11-27)29-20-15-28(16-20)22-3-1-2-18-13-25-8-5-21(18)22;1-2/h4-5,8-9,12-13,19-20,22H,1-3,6-7,10-11,14-16H2,(H2,24,26);1-2H3. The molecule has 2 aliphatic heterocycles. The van der Waals surface area contributed by atoms with Gasteiger partial charge in [-0.05, 0) is 67.0 Å². The summed E-state index contributed by atoms with van der Waals surface area (Å²) in [6.07, 6.45) is 12.6. The van der Waals surface area contributed by atoms with Crippen molar-refractivity contribution in [2.24, 2.45) is 0 Å². The van der Waals surface area contributed by atoms with Crippen molar-refractivity contribution in [3.63, 3.8) is 0 Å². The SMILES string of the molecule is CC.Nc1cc(CN2CCC(OC3CN(C4CCCc5cnccc54)C3)CC2)ccn1. The Hall–Kier alpha value is -2.02. The molecule has 2 aromatic heterocycles. The van der Waals surface area contributed by atoms with E-state index in [1.807, 2.05) is 26.1 Å². The summed E-state index contributed by atoms with van der Waals surface area (Å²) in [5, 5.41) is 0. The molecular weight excluding hydrogens is 386 g/mol. The summed E-state index contributed by atoms with van der Waals surface area (Å²) in [6, 6.07) is 6.82. The molecule has 2 saturated heterocycles. The van der Waals surface area contributed by atoms with Crippen molar-refractivity contribution >= 4 is 5.82 Å². The minimum absolute atomic E-state index is 0.402. The van der Waals surface area contributed by atoms with Gasteiger partial charge >= 0.3 is 0 Å². The second-order valence-corrected chi connectivity index (χ2v) is 8.76. The molecule has 0 bridgehead atoms. The molecule has 1 unspecified atom stereocenters. The minimum Gasteiger partial charge on any atom is -0.384 e. The molecule has 0 saturated carbocycles. The van der Waals surface area contributed by atoms with Crippen LogP contribution in [0.4, 0.5) is 5.82 Å². The number of nitrogens with two attached hydrogens (primary N) is 1. The van der Waals surface area contributed by atoms with Gasteiger partial charge < -0.3 is 10.5 Å². The number of aryl methyl sites for hydroxylation is 1. The van der Waals surface area contributed by atoms with Crippen molar-refractivity contribution in [1.82, 2.24) is 19.8 Å². The smallest absolute Gasteiger partial charge is 0.123 e. The Morgan fingerprint density at radius 3 is 2.65 bits per heavy atom. The molecule has 2 fully saturated rings. The van der Waals surface area contributed by atoms with E-state index in [-0.39, 0.29) is 0 Å². The van der Waals surface area contributed by atoms with Gasteiger partial charge in [0.05, 0.1) is 12.2 Å². The van der Waals surface area contributed by atoms with Gasteiger partial charge in [0.1, 0.15) is 5.82 Å². The van der Waals surface area contributed by atoms with Crippen molar-refractivity contribution in [3.05, 3.63) is 53.5 Å². The first-order chi connectivity index (χ1) is 15.2. The highest BCUT2D eigenvalue weighted by atomic mass is 16.5. The lowest BCUT2D eigenvalue weighted by molar-refractivity contribution is -0.120. The van der Waals surface area contributed by atoms with Crippen LogP contribution >= 0.6 is 0 Å². The first kappa shape index (κ1) is 22.2. The van der Waals surface area contributed by atoms with Crippen LogP contribution in [0, 0.1) is 0 Å². The van der Waals surface area contributed by atoms with E-state index in [2.05, 4.69) is 38.1 Å². The molecular formula is C25H37N5O. The number of fused-ring (bicyclic) bond motifs is 1. The van der Waals surface area contributed by atoms with E-state index in [9.17, 15) is 0 Å². The molecule has 2 aromatic rings. The summed E-state index contributed by atoms with van der Waals surface area (Å²) >= 11 is 0. The Morgan fingerprint density at radius 2 is 1.87 bits per heavy atom. The Labute approximate surface area is 186 Å². The number of nitrogen functional groups attached to an aromatic ring is 1. The lowest BCUT2D eigenvalue weighted by Crippen LogP contribution is -2.55. The molecule has 168 valence electrons. The van der Waals surface area contributed by atoms with E-state index < -0.39 is 0 Å². The number of pyridine rings is 2. The number of nitrogens with zero attached hydrogens (tertiary/aromatic N) is 4. The average molecular weight is 424 g/mol. The third-order valence-electron chi connectivity index (χ3n) is 6.71. The highest BCUT2D eigenvalue weighted by Gasteiger charge is 2.37. The van der Waals surface area contributed by atoms with Gasteiger partial charge in [-0.25, -0.2) is 4.98 Å². The fourth-order valence-electron chi connectivity index (χ4n) is 5.13. The van der Waals surface area contributed by atoms with Gasteiger partial charge in [0, 0.05) is 57.4 Å². The quantitative estimate of drug-likeness (QED) is 0.788. The van der Waals surface area contributed by atoms with Gasteiger partial charge in [0.25, 0.3) is 0 Å². The lowest BCUT2D eigenvalue weighted by atomic mass is 9.86. The molecule has 5 rings (SSSR count). The van der Waals surface area contributed by atoms with Crippen molar-refractivity contribution in [1.29, 1.82) is 0 Å². The molecule has 0 aromatic carbocycles. The van der Waals surface area contributed by atoms with Crippen LogP contribution in [0.2, 0.25) is 0 Å². The van der Waals surface area contributed by atoms with Gasteiger partial charge in [-0.1, -0.05) is 13.8 Å². The molecule has 1 aliphatic carbocycles. The van der Waals surface area contributed by atoms with Crippen molar-refractivity contribution in [2.45, 2.75) is 70.7 Å². The fourth-order valence-corrected chi connectivity index (χ4v) is 5.13. The zero-order valence-corrected chi connectivity index (χ0v) is 19.0. The second kappa shape index (κ2) is 10.5. The number of hydrogen-bond acceptors (Lipinski definition) is 6. The normalized spacial score (nSPS) is 22.8. The number of ether oxygens (including phenoxy) is 1. The molecule has 0 spiro atoms. The van der Waals surface area contributed by atoms with Crippen molar-refractivity contribution < 1.29 is 4.74 Å². The maximum Gasteiger partial charge on any atom is 0.123 e. The number of piperidine rings is 1. The van der Waals surface area contributed by atoms with Crippen LogP contribution in [-0.4, -0.2) is 58.2 Å². The summed E-state index contributed by atoms with van der Waals surface area (Å²) in [5.74, 6) is 0.604. The van der Waals surface area contributed by atoms with Crippen LogP contribution in [0.15, 0.2) is 36.8 Å². The molecule has 4 heterocycles. The number of rotatable bonds is 5. The van der Waals surface area contributed by atoms with Crippen molar-refractivity contribution in [3.8, 4) is 0 Å². The topological polar surface area (TPSA) is 67.5 Å². The summed E-state index contributed by atoms with van der Waals surface area (Å²) in [4.78, 5) is 13.5. The van der Waals surface area contributed by atoms with Crippen molar-refractivity contribution in [2.75, 3.05) is 31.9 Å². The van der Waals surface area contributed by atoms with E-state index in [0.717, 1.165) is 45.6 Å². The average Bonchev–Trinajstić information content (AvgIpc) is 2.78. The predicted octanol–water partition coefficient (Wildman–Crippen LogP) is 3.83. The Bertz CT molecular complexity index is 830. The van der Waals surface area contributed by atoms with E-state index >= 15 is 0 Å². The fraction of sp³-hybridized carbons (Fsp3) is 0.600. The van der Waals surface area contributed by atoms with Crippen LogP contribution < -0.4 is 5.73 Å². The van der Waals surface area contributed by atoms with Gasteiger partial charge in [-0.2, -0.15) is 0 Å². The van der Waals surface area contributed by atoms with E-state index in [4.69, 9.17) is 10.5 Å². The molecule has 2 N–H and O–H groups in total. The van der Waals surface area contributed by atoms with E-state index in [1.54, 1.807) is 6.20 Å². The van der Waals surface area contributed by atoms with Crippen LogP contribution in [0.25, 0.3) is 0 Å².